The van der Waals surface area contributed by atoms with Gasteiger partial charge >= 0.3 is 5.97 Å². The molecule has 6 heteroatoms. The van der Waals surface area contributed by atoms with Gasteiger partial charge in [0.1, 0.15) is 0 Å². The minimum absolute atomic E-state index is 0.277. The number of thiol groups is 1. The normalized spacial score (nSPS) is 9.73. The topological polar surface area (TPSA) is 66.4 Å². The number of ether oxygens (including phenoxy) is 1. The highest BCUT2D eigenvalue weighted by molar-refractivity contribution is 7.81. The summed E-state index contributed by atoms with van der Waals surface area (Å²) < 4.78 is 17.6. The van der Waals surface area contributed by atoms with E-state index in [9.17, 15) is 19.1 Å². The lowest BCUT2D eigenvalue weighted by Crippen LogP contribution is -2.24. The molecule has 0 aliphatic heterocycles. The number of hydrogen-bond donors (Lipinski definition) is 1. The van der Waals surface area contributed by atoms with Crippen molar-refractivity contribution >= 4 is 24.6 Å². The maximum Gasteiger partial charge on any atom is 0.321 e. The number of carboxylic acids is 1. The molecule has 0 heterocycles. The van der Waals surface area contributed by atoms with Crippen LogP contribution in [0.1, 0.15) is 10.4 Å². The molecule has 1 aromatic rings. The highest BCUT2D eigenvalue weighted by Gasteiger charge is 2.13. The summed E-state index contributed by atoms with van der Waals surface area (Å²) in [5.74, 6) is -4.31. The first-order chi connectivity index (χ1) is 7.06. The summed E-state index contributed by atoms with van der Waals surface area (Å²) in [5.41, 5.74) is -0.509. The monoisotopic (exact) mass is 229 g/mol. The van der Waals surface area contributed by atoms with Gasteiger partial charge in [0, 0.05) is 5.56 Å². The van der Waals surface area contributed by atoms with Gasteiger partial charge < -0.3 is 14.6 Å². The first kappa shape index (κ1) is 11.5. The van der Waals surface area contributed by atoms with Crippen molar-refractivity contribution in [1.29, 1.82) is 0 Å². The fourth-order valence-electron chi connectivity index (χ4n) is 0.919. The van der Waals surface area contributed by atoms with Gasteiger partial charge in [-0.15, -0.1) is 0 Å². The Hall–Kier alpha value is -1.56. The molecule has 0 bridgehead atoms. The second kappa shape index (κ2) is 4.79. The molecule has 0 saturated carbocycles. The number of carbonyl (C=O) groups is 2. The molecule has 0 aliphatic carbocycles. The van der Waals surface area contributed by atoms with Crippen LogP contribution in [-0.2, 0) is 4.79 Å². The number of carbonyl (C=O) groups excluding carboxylic acids is 2. The number of benzene rings is 1. The molecule has 15 heavy (non-hydrogen) atoms. The fourth-order valence-corrected chi connectivity index (χ4v) is 0.984. The first-order valence-corrected chi connectivity index (χ1v) is 4.51. The van der Waals surface area contributed by atoms with Crippen LogP contribution in [0.3, 0.4) is 0 Å². The molecule has 0 fully saturated rings. The molecule has 0 amide bonds. The summed E-state index contributed by atoms with van der Waals surface area (Å²) in [4.78, 5) is 21.4. The Labute approximate surface area is 90.1 Å². The summed E-state index contributed by atoms with van der Waals surface area (Å²) in [6.45, 7) is 0. The predicted molar refractivity (Wildman–Crippen MR) is 50.2 cm³/mol. The number of carboxylic acid groups (broad SMARTS) is 1. The molecule has 0 aromatic heterocycles. The van der Waals surface area contributed by atoms with E-state index in [1.165, 1.54) is 6.07 Å². The lowest BCUT2D eigenvalue weighted by molar-refractivity contribution is -0.255. The number of halogens is 1. The highest BCUT2D eigenvalue weighted by atomic mass is 32.1. The van der Waals surface area contributed by atoms with Crippen LogP contribution in [0.4, 0.5) is 4.39 Å². The Kier molecular flexibility index (Phi) is 3.68. The van der Waals surface area contributed by atoms with E-state index >= 15 is 0 Å². The Balaban J connectivity index is 3.13. The summed E-state index contributed by atoms with van der Waals surface area (Å²) in [7, 11) is 0. The van der Waals surface area contributed by atoms with Crippen molar-refractivity contribution in [2.24, 2.45) is 0 Å². The van der Waals surface area contributed by atoms with Gasteiger partial charge in [-0.2, -0.15) is 12.6 Å². The van der Waals surface area contributed by atoms with E-state index in [1.807, 2.05) is 0 Å². The third-order valence-corrected chi connectivity index (χ3v) is 1.79. The van der Waals surface area contributed by atoms with Crippen LogP contribution in [0.15, 0.2) is 18.2 Å². The van der Waals surface area contributed by atoms with E-state index in [2.05, 4.69) is 17.4 Å². The Morgan fingerprint density at radius 2 is 2.13 bits per heavy atom. The third-order valence-electron chi connectivity index (χ3n) is 1.53. The smallest absolute Gasteiger partial charge is 0.321 e. The van der Waals surface area contributed by atoms with Crippen molar-refractivity contribution in [3.63, 3.8) is 0 Å². The van der Waals surface area contributed by atoms with Gasteiger partial charge in [0.2, 0.25) is 0 Å². The minimum Gasteiger partial charge on any atom is -0.545 e. The van der Waals surface area contributed by atoms with Crippen LogP contribution < -0.4 is 9.84 Å². The standard InChI is InChI=1S/C9H7FO4S/c10-6-3-1-2-5(9(12)13)8(6)14-7(11)4-15/h1-3,15H,4H2,(H,12,13)/p-1. The van der Waals surface area contributed by atoms with Gasteiger partial charge in [-0.1, -0.05) is 6.07 Å². The van der Waals surface area contributed by atoms with E-state index < -0.39 is 29.1 Å². The molecule has 0 N–H and O–H groups in total. The molecular weight excluding hydrogens is 223 g/mol. The van der Waals surface area contributed by atoms with Crippen LogP contribution in [0.25, 0.3) is 0 Å². The van der Waals surface area contributed by atoms with Crippen molar-refractivity contribution in [3.8, 4) is 5.75 Å². The molecule has 0 radical (unpaired) electrons. The van der Waals surface area contributed by atoms with Crippen molar-refractivity contribution in [1.82, 2.24) is 0 Å². The average molecular weight is 229 g/mol. The number of esters is 1. The maximum atomic E-state index is 13.1. The van der Waals surface area contributed by atoms with Gasteiger partial charge in [-0.25, -0.2) is 4.39 Å². The summed E-state index contributed by atoms with van der Waals surface area (Å²) in [5, 5.41) is 10.6. The van der Waals surface area contributed by atoms with Crippen molar-refractivity contribution in [2.75, 3.05) is 5.75 Å². The van der Waals surface area contributed by atoms with Gasteiger partial charge in [0.05, 0.1) is 11.7 Å². The van der Waals surface area contributed by atoms with Crippen LogP contribution >= 0.6 is 12.6 Å². The third kappa shape index (κ3) is 2.69. The SMILES string of the molecule is O=C(CS)Oc1c(F)cccc1C(=O)[O-]. The number of aromatic carboxylic acids is 1. The first-order valence-electron chi connectivity index (χ1n) is 3.87. The Morgan fingerprint density at radius 1 is 1.47 bits per heavy atom. The van der Waals surface area contributed by atoms with E-state index in [4.69, 9.17) is 0 Å². The fraction of sp³-hybridized carbons (Fsp3) is 0.111. The highest BCUT2D eigenvalue weighted by Crippen LogP contribution is 2.22. The molecule has 0 spiro atoms. The molecule has 1 aromatic carbocycles. The van der Waals surface area contributed by atoms with E-state index in [0.717, 1.165) is 12.1 Å². The van der Waals surface area contributed by atoms with Gasteiger partial charge in [-0.05, 0) is 12.1 Å². The molecule has 4 nitrogen and oxygen atoms in total. The van der Waals surface area contributed by atoms with Gasteiger partial charge in [-0.3, -0.25) is 4.79 Å². The van der Waals surface area contributed by atoms with E-state index in [1.54, 1.807) is 0 Å². The second-order valence-electron chi connectivity index (χ2n) is 2.54. The quantitative estimate of drug-likeness (QED) is 0.451. The van der Waals surface area contributed by atoms with Crippen LogP contribution in [0, 0.1) is 5.82 Å². The van der Waals surface area contributed by atoms with Crippen LogP contribution in [-0.4, -0.2) is 17.7 Å². The van der Waals surface area contributed by atoms with E-state index in [0.29, 0.717) is 0 Å². The summed E-state index contributed by atoms with van der Waals surface area (Å²) in [6, 6.07) is 3.24. The number of rotatable bonds is 3. The molecule has 0 atom stereocenters. The van der Waals surface area contributed by atoms with Crippen molar-refractivity contribution in [3.05, 3.63) is 29.6 Å². The second-order valence-corrected chi connectivity index (χ2v) is 2.85. The zero-order valence-corrected chi connectivity index (χ0v) is 8.29. The molecule has 0 unspecified atom stereocenters. The van der Waals surface area contributed by atoms with Gasteiger partial charge in [0.25, 0.3) is 0 Å². The largest absolute Gasteiger partial charge is 0.545 e. The average Bonchev–Trinajstić information content (AvgIpc) is 2.20. The zero-order valence-electron chi connectivity index (χ0n) is 7.40. The predicted octanol–water partition coefficient (Wildman–Crippen LogP) is 0.0244. The van der Waals surface area contributed by atoms with Gasteiger partial charge in [0.15, 0.2) is 11.6 Å². The van der Waals surface area contributed by atoms with Crippen molar-refractivity contribution in [2.45, 2.75) is 0 Å². The molecule has 1 rings (SSSR count). The maximum absolute atomic E-state index is 13.1. The lowest BCUT2D eigenvalue weighted by atomic mass is 10.2. The summed E-state index contributed by atoms with van der Waals surface area (Å²) in [6.07, 6.45) is 0. The minimum atomic E-state index is -1.61. The molecule has 0 saturated heterocycles. The molecular formula is C9H6FO4S-. The number of hydrogen-bond acceptors (Lipinski definition) is 5. The van der Waals surface area contributed by atoms with Crippen LogP contribution in [0.5, 0.6) is 5.75 Å². The van der Waals surface area contributed by atoms with E-state index in [-0.39, 0.29) is 5.75 Å². The molecule has 0 aliphatic rings. The van der Waals surface area contributed by atoms with Crippen LogP contribution in [0.2, 0.25) is 0 Å². The summed E-state index contributed by atoms with van der Waals surface area (Å²) >= 11 is 3.61. The number of para-hydroxylation sites is 1. The Morgan fingerprint density at radius 3 is 2.67 bits per heavy atom. The van der Waals surface area contributed by atoms with Crippen molar-refractivity contribution < 1.29 is 23.8 Å². The Bertz CT molecular complexity index is 405. The molecule has 80 valence electrons. The zero-order chi connectivity index (χ0) is 11.4. The lowest BCUT2D eigenvalue weighted by Gasteiger charge is -2.10.